The summed E-state index contributed by atoms with van der Waals surface area (Å²) in [7, 11) is 1.88. The third-order valence-corrected chi connectivity index (χ3v) is 5.32. The Kier molecular flexibility index (Phi) is 3.73. The first-order chi connectivity index (χ1) is 10.0. The smallest absolute Gasteiger partial charge is 0.223 e. The van der Waals surface area contributed by atoms with Crippen LogP contribution >= 0.6 is 0 Å². The van der Waals surface area contributed by atoms with Gasteiger partial charge in [0.25, 0.3) is 0 Å². The van der Waals surface area contributed by atoms with Crippen molar-refractivity contribution in [2.45, 2.75) is 44.6 Å². The molecule has 1 saturated heterocycles. The number of aromatic nitrogens is 3. The van der Waals surface area contributed by atoms with Crippen LogP contribution in [0.15, 0.2) is 6.33 Å². The van der Waals surface area contributed by atoms with E-state index in [1.165, 1.54) is 6.42 Å². The summed E-state index contributed by atoms with van der Waals surface area (Å²) in [4.78, 5) is 14.2. The fourth-order valence-electron chi connectivity index (χ4n) is 3.55. The van der Waals surface area contributed by atoms with Crippen LogP contribution in [-0.2, 0) is 18.3 Å². The average molecular weight is 292 g/mol. The van der Waals surface area contributed by atoms with Gasteiger partial charge in [-0.3, -0.25) is 4.79 Å². The Morgan fingerprint density at radius 1 is 1.52 bits per heavy atom. The third-order valence-electron chi connectivity index (χ3n) is 5.32. The van der Waals surface area contributed by atoms with Gasteiger partial charge in [-0.15, -0.1) is 10.2 Å². The lowest BCUT2D eigenvalue weighted by atomic mass is 9.69. The molecule has 2 fully saturated rings. The van der Waals surface area contributed by atoms with Gasteiger partial charge in [0.1, 0.15) is 12.2 Å². The zero-order valence-corrected chi connectivity index (χ0v) is 12.8. The van der Waals surface area contributed by atoms with Gasteiger partial charge in [-0.25, -0.2) is 0 Å². The predicted octanol–water partition coefficient (Wildman–Crippen LogP) is 0.757. The topological polar surface area (TPSA) is 71.2 Å². The van der Waals surface area contributed by atoms with Crippen molar-refractivity contribution in [3.63, 3.8) is 0 Å². The number of carbonyl (C=O) groups excluding carboxylic acids is 1. The summed E-state index contributed by atoms with van der Waals surface area (Å²) in [5.74, 6) is 1.48. The van der Waals surface area contributed by atoms with Crippen LogP contribution in [0.2, 0.25) is 0 Å². The van der Waals surface area contributed by atoms with Crippen LogP contribution in [0.4, 0.5) is 0 Å². The molecular formula is C15H24N4O2. The van der Waals surface area contributed by atoms with E-state index in [0.717, 1.165) is 18.7 Å². The molecule has 2 unspecified atom stereocenters. The highest BCUT2D eigenvalue weighted by atomic mass is 16.3. The lowest BCUT2D eigenvalue weighted by molar-refractivity contribution is -0.132. The van der Waals surface area contributed by atoms with E-state index in [2.05, 4.69) is 17.1 Å². The van der Waals surface area contributed by atoms with Crippen molar-refractivity contribution < 1.29 is 9.90 Å². The molecule has 6 heteroatoms. The van der Waals surface area contributed by atoms with E-state index in [-0.39, 0.29) is 11.8 Å². The van der Waals surface area contributed by atoms with Gasteiger partial charge in [0.15, 0.2) is 0 Å². The number of amides is 1. The van der Waals surface area contributed by atoms with Crippen LogP contribution < -0.4 is 0 Å². The number of hydrogen-bond acceptors (Lipinski definition) is 4. The molecule has 2 heterocycles. The lowest BCUT2D eigenvalue weighted by Crippen LogP contribution is -2.48. The van der Waals surface area contributed by atoms with E-state index >= 15 is 0 Å². The Morgan fingerprint density at radius 3 is 2.86 bits per heavy atom. The molecule has 0 aromatic carbocycles. The van der Waals surface area contributed by atoms with Gasteiger partial charge in [0, 0.05) is 38.9 Å². The first-order valence-corrected chi connectivity index (χ1v) is 7.83. The van der Waals surface area contributed by atoms with Gasteiger partial charge in [-0.2, -0.15) is 0 Å². The molecule has 1 aromatic rings. The summed E-state index contributed by atoms with van der Waals surface area (Å²) in [6.07, 6.45) is 6.08. The molecule has 1 amide bonds. The molecule has 21 heavy (non-hydrogen) atoms. The Labute approximate surface area is 125 Å². The largest absolute Gasteiger partial charge is 0.387 e. The van der Waals surface area contributed by atoms with Crippen LogP contribution in [0.1, 0.15) is 38.4 Å². The molecule has 0 bridgehead atoms. The van der Waals surface area contributed by atoms with Crippen LogP contribution in [0.3, 0.4) is 0 Å². The minimum Gasteiger partial charge on any atom is -0.387 e. The van der Waals surface area contributed by atoms with E-state index in [9.17, 15) is 9.90 Å². The molecule has 3 rings (SSSR count). The maximum atomic E-state index is 12.4. The maximum absolute atomic E-state index is 12.4. The highest BCUT2D eigenvalue weighted by Crippen LogP contribution is 2.44. The predicted molar refractivity (Wildman–Crippen MR) is 77.4 cm³/mol. The number of hydrogen-bond donors (Lipinski definition) is 1. The van der Waals surface area contributed by atoms with Gasteiger partial charge >= 0.3 is 0 Å². The summed E-state index contributed by atoms with van der Waals surface area (Å²) in [5, 5.41) is 18.7. The van der Waals surface area contributed by atoms with Crippen molar-refractivity contribution in [2.75, 3.05) is 13.1 Å². The Bertz CT molecular complexity index is 525. The monoisotopic (exact) mass is 292 g/mol. The molecular weight excluding hydrogens is 268 g/mol. The van der Waals surface area contributed by atoms with Crippen molar-refractivity contribution >= 4 is 5.91 Å². The number of β-amino-alcohol motifs (C(OH)–C–C–N with tert-alkyl or cyclic N) is 1. The highest BCUT2D eigenvalue weighted by Gasteiger charge is 2.50. The Hall–Kier alpha value is -1.43. The molecule has 1 aliphatic heterocycles. The van der Waals surface area contributed by atoms with Gasteiger partial charge in [-0.1, -0.05) is 13.3 Å². The molecule has 1 saturated carbocycles. The number of rotatable bonds is 4. The van der Waals surface area contributed by atoms with Gasteiger partial charge < -0.3 is 14.6 Å². The zero-order chi connectivity index (χ0) is 15.0. The van der Waals surface area contributed by atoms with Crippen molar-refractivity contribution in [3.05, 3.63) is 12.2 Å². The second kappa shape index (κ2) is 5.40. The molecule has 1 aliphatic carbocycles. The molecule has 1 N–H and O–H groups in total. The fourth-order valence-corrected chi connectivity index (χ4v) is 3.55. The van der Waals surface area contributed by atoms with Crippen molar-refractivity contribution in [1.82, 2.24) is 19.7 Å². The number of likely N-dealkylation sites (tertiary alicyclic amines) is 1. The number of nitrogens with zero attached hydrogens (tertiary/aromatic N) is 4. The molecule has 116 valence electrons. The minimum atomic E-state index is -0.668. The van der Waals surface area contributed by atoms with Crippen LogP contribution in [0.25, 0.3) is 0 Å². The maximum Gasteiger partial charge on any atom is 0.223 e. The van der Waals surface area contributed by atoms with E-state index < -0.39 is 5.60 Å². The molecule has 2 aliphatic rings. The number of aryl methyl sites for hydroxylation is 2. The molecule has 1 aromatic heterocycles. The average Bonchev–Trinajstić information content (AvgIpc) is 2.90. The quantitative estimate of drug-likeness (QED) is 0.889. The zero-order valence-electron chi connectivity index (χ0n) is 12.8. The molecule has 0 spiro atoms. The van der Waals surface area contributed by atoms with E-state index in [0.29, 0.717) is 31.8 Å². The van der Waals surface area contributed by atoms with E-state index in [4.69, 9.17) is 0 Å². The second-order valence-corrected chi connectivity index (χ2v) is 6.65. The first kappa shape index (κ1) is 14.5. The lowest BCUT2D eigenvalue weighted by Gasteiger charge is -2.41. The van der Waals surface area contributed by atoms with Gasteiger partial charge in [0.2, 0.25) is 5.91 Å². The van der Waals surface area contributed by atoms with E-state index in [1.807, 2.05) is 16.5 Å². The van der Waals surface area contributed by atoms with Crippen molar-refractivity contribution in [2.24, 2.45) is 18.9 Å². The van der Waals surface area contributed by atoms with E-state index in [1.54, 1.807) is 6.33 Å². The molecule has 2 atom stereocenters. The SMILES string of the molecule is CC1CN(C(=O)CCc2nncn2C)CC1(O)C1CCC1. The normalized spacial score (nSPS) is 29.7. The first-order valence-electron chi connectivity index (χ1n) is 7.83. The molecule has 6 nitrogen and oxygen atoms in total. The van der Waals surface area contributed by atoms with Crippen LogP contribution in [-0.4, -0.2) is 49.4 Å². The number of aliphatic hydroxyl groups is 1. The highest BCUT2D eigenvalue weighted by molar-refractivity contribution is 5.76. The summed E-state index contributed by atoms with van der Waals surface area (Å²) in [6, 6.07) is 0. The standard InChI is InChI=1S/C15H24N4O2/c1-11-8-19(9-15(11,21)12-4-3-5-12)14(20)7-6-13-17-16-10-18(13)2/h10-12,21H,3-9H2,1-2H3. The molecule has 0 radical (unpaired) electrons. The summed E-state index contributed by atoms with van der Waals surface area (Å²) < 4.78 is 1.84. The second-order valence-electron chi connectivity index (χ2n) is 6.65. The van der Waals surface area contributed by atoms with Crippen LogP contribution in [0.5, 0.6) is 0 Å². The minimum absolute atomic E-state index is 0.111. The van der Waals surface area contributed by atoms with Gasteiger partial charge in [-0.05, 0) is 18.8 Å². The number of carbonyl (C=O) groups is 1. The van der Waals surface area contributed by atoms with Crippen molar-refractivity contribution in [3.8, 4) is 0 Å². The summed E-state index contributed by atoms with van der Waals surface area (Å²) in [6.45, 7) is 3.23. The van der Waals surface area contributed by atoms with Crippen LogP contribution in [0, 0.1) is 11.8 Å². The third kappa shape index (κ3) is 2.57. The van der Waals surface area contributed by atoms with Gasteiger partial charge in [0.05, 0.1) is 5.60 Å². The Morgan fingerprint density at radius 2 is 2.29 bits per heavy atom. The van der Waals surface area contributed by atoms with Crippen molar-refractivity contribution in [1.29, 1.82) is 0 Å². The fraction of sp³-hybridized carbons (Fsp3) is 0.800. The Balaban J connectivity index is 1.57. The summed E-state index contributed by atoms with van der Waals surface area (Å²) >= 11 is 0. The summed E-state index contributed by atoms with van der Waals surface area (Å²) in [5.41, 5.74) is -0.668.